The molecule has 0 amide bonds. The average Bonchev–Trinajstić information content (AvgIpc) is 2.44. The van der Waals surface area contributed by atoms with Crippen LogP contribution in [-0.4, -0.2) is 25.9 Å². The first-order chi connectivity index (χ1) is 11.7. The Morgan fingerprint density at radius 3 is 1.19 bits per heavy atom. The molecule has 26 heavy (non-hydrogen) atoms. The zero-order valence-electron chi connectivity index (χ0n) is 14.3. The number of rotatable bonds is 3. The van der Waals surface area contributed by atoms with Crippen molar-refractivity contribution in [1.82, 2.24) is 0 Å². The molecule has 0 aliphatic carbocycles. The third-order valence-corrected chi connectivity index (χ3v) is 9.67. The number of benzene rings is 2. The Hall–Kier alpha value is -0.280. The van der Waals surface area contributed by atoms with Crippen LogP contribution in [-0.2, 0) is 20.2 Å². The average molecular weight is 622 g/mol. The zero-order chi connectivity index (χ0) is 20.2. The van der Waals surface area contributed by atoms with Gasteiger partial charge in [-0.15, -0.1) is 0 Å². The van der Waals surface area contributed by atoms with Crippen molar-refractivity contribution in [2.75, 3.05) is 0 Å². The third-order valence-electron chi connectivity index (χ3n) is 4.11. The minimum absolute atomic E-state index is 0.197. The van der Waals surface area contributed by atoms with Gasteiger partial charge < -0.3 is 0 Å². The number of hydrogen-bond acceptors (Lipinski definition) is 4. The van der Waals surface area contributed by atoms with Crippen LogP contribution in [0, 0.1) is 34.8 Å². The first-order valence-electron chi connectivity index (χ1n) is 7.22. The normalized spacial score (nSPS) is 12.5. The summed E-state index contributed by atoms with van der Waals surface area (Å²) in [5.74, 6) is 0. The van der Waals surface area contributed by atoms with Gasteiger partial charge in [0.15, 0.2) is 0 Å². The van der Waals surface area contributed by atoms with Gasteiger partial charge in [-0.1, -0.05) is 12.1 Å². The van der Waals surface area contributed by atoms with Crippen molar-refractivity contribution in [2.45, 2.75) is 37.5 Å². The summed E-state index contributed by atoms with van der Waals surface area (Å²) >= 11 is 3.71. The van der Waals surface area contributed by atoms with Crippen LogP contribution in [0.3, 0.4) is 0 Å². The molecular weight excluding hydrogens is 606 g/mol. The molecule has 0 saturated carbocycles. The predicted molar refractivity (Wildman–Crippen MR) is 116 cm³/mol. The highest BCUT2D eigenvalue weighted by atomic mass is 127. The Balaban J connectivity index is 3.05. The van der Waals surface area contributed by atoms with Crippen LogP contribution in [0.5, 0.6) is 0 Å². The summed E-state index contributed by atoms with van der Waals surface area (Å²) in [5.41, 5.74) is 2.85. The number of hydrogen-bond donors (Lipinski definition) is 2. The lowest BCUT2D eigenvalue weighted by Gasteiger charge is -2.19. The monoisotopic (exact) mass is 622 g/mol. The van der Waals surface area contributed by atoms with E-state index < -0.39 is 20.2 Å². The third kappa shape index (κ3) is 3.94. The fraction of sp³-hybridized carbons (Fsp3) is 0.250. The van der Waals surface area contributed by atoms with E-state index in [1.807, 2.05) is 45.2 Å². The summed E-state index contributed by atoms with van der Waals surface area (Å²) < 4.78 is 67.5. The second kappa shape index (κ2) is 7.28. The van der Waals surface area contributed by atoms with Gasteiger partial charge in [-0.2, -0.15) is 16.8 Å². The Kier molecular flexibility index (Phi) is 6.16. The Morgan fingerprint density at radius 1 is 0.692 bits per heavy atom. The number of aryl methyl sites for hydroxylation is 2. The second-order valence-corrected chi connectivity index (χ2v) is 10.8. The van der Waals surface area contributed by atoms with Gasteiger partial charge in [0.2, 0.25) is 0 Å². The molecule has 0 heterocycles. The summed E-state index contributed by atoms with van der Waals surface area (Å²) in [6, 6.07) is 3.49. The van der Waals surface area contributed by atoms with Gasteiger partial charge in [-0.3, -0.25) is 9.11 Å². The van der Waals surface area contributed by atoms with E-state index in [2.05, 4.69) is 0 Å². The molecule has 6 nitrogen and oxygen atoms in total. The molecule has 2 aromatic carbocycles. The van der Waals surface area contributed by atoms with Crippen molar-refractivity contribution in [3.8, 4) is 11.1 Å². The second-order valence-electron chi connectivity index (χ2n) is 5.97. The smallest absolute Gasteiger partial charge is 0.282 e. The van der Waals surface area contributed by atoms with E-state index >= 15 is 0 Å². The van der Waals surface area contributed by atoms with Gasteiger partial charge in [-0.25, -0.2) is 0 Å². The topological polar surface area (TPSA) is 109 Å². The van der Waals surface area contributed by atoms with Crippen molar-refractivity contribution in [3.63, 3.8) is 0 Å². The standard InChI is InChI=1S/C16H16I2O6S2/c1-7-5-11(9(3)15(13(7)17)25(19,20)21)12-6-8(2)14(18)16(10(12)4)26(22,23)24/h5-6H,1-4H3,(H,19,20,21)(H,22,23,24). The fourth-order valence-corrected chi connectivity index (χ4v) is 7.44. The van der Waals surface area contributed by atoms with Gasteiger partial charge in [0.05, 0.1) is 0 Å². The van der Waals surface area contributed by atoms with Gasteiger partial charge in [0.25, 0.3) is 20.2 Å². The summed E-state index contributed by atoms with van der Waals surface area (Å²) in [6.45, 7) is 6.52. The lowest BCUT2D eigenvalue weighted by Crippen LogP contribution is -2.09. The van der Waals surface area contributed by atoms with E-state index in [0.717, 1.165) is 0 Å². The Labute approximate surface area is 180 Å². The molecule has 2 rings (SSSR count). The summed E-state index contributed by atoms with van der Waals surface area (Å²) in [6.07, 6.45) is 0. The van der Waals surface area contributed by atoms with E-state index in [4.69, 9.17) is 0 Å². The Bertz CT molecular complexity index is 1040. The Morgan fingerprint density at radius 2 is 0.962 bits per heavy atom. The van der Waals surface area contributed by atoms with Crippen LogP contribution in [0.15, 0.2) is 21.9 Å². The molecule has 2 aromatic rings. The van der Waals surface area contributed by atoms with Crippen LogP contribution < -0.4 is 0 Å². The van der Waals surface area contributed by atoms with Gasteiger partial charge in [0, 0.05) is 7.14 Å². The summed E-state index contributed by atoms with van der Waals surface area (Å²) in [7, 11) is -8.93. The van der Waals surface area contributed by atoms with Crippen molar-refractivity contribution in [3.05, 3.63) is 41.5 Å². The van der Waals surface area contributed by atoms with Crippen molar-refractivity contribution < 1.29 is 25.9 Å². The molecule has 2 N–H and O–H groups in total. The maximum Gasteiger partial charge on any atom is 0.295 e. The molecule has 0 unspecified atom stereocenters. The lowest BCUT2D eigenvalue weighted by atomic mass is 9.93. The molecule has 0 bridgehead atoms. The lowest BCUT2D eigenvalue weighted by molar-refractivity contribution is 0.479. The van der Waals surface area contributed by atoms with E-state index in [-0.39, 0.29) is 9.79 Å². The largest absolute Gasteiger partial charge is 0.295 e. The predicted octanol–water partition coefficient (Wildman–Crippen LogP) is 4.29. The highest BCUT2D eigenvalue weighted by Crippen LogP contribution is 2.39. The van der Waals surface area contributed by atoms with Crippen molar-refractivity contribution >= 4 is 65.4 Å². The minimum Gasteiger partial charge on any atom is -0.282 e. The maximum absolute atomic E-state index is 11.9. The molecule has 142 valence electrons. The molecule has 0 aliphatic rings. The van der Waals surface area contributed by atoms with Crippen LogP contribution >= 0.6 is 45.2 Å². The van der Waals surface area contributed by atoms with E-state index in [0.29, 0.717) is 40.5 Å². The van der Waals surface area contributed by atoms with E-state index in [1.165, 1.54) is 0 Å². The van der Waals surface area contributed by atoms with E-state index in [1.54, 1.807) is 39.8 Å². The number of halogens is 2. The first kappa shape index (κ1) is 22.0. The van der Waals surface area contributed by atoms with Gasteiger partial charge >= 0.3 is 0 Å². The molecule has 0 saturated heterocycles. The molecule has 0 aliphatic heterocycles. The molecule has 0 fully saturated rings. The highest BCUT2D eigenvalue weighted by molar-refractivity contribution is 14.1. The van der Waals surface area contributed by atoms with Gasteiger partial charge in [-0.05, 0) is 106 Å². The molecule has 10 heteroatoms. The molecule has 0 aromatic heterocycles. The highest BCUT2D eigenvalue weighted by Gasteiger charge is 2.26. The van der Waals surface area contributed by atoms with Crippen LogP contribution in [0.2, 0.25) is 0 Å². The molecular formula is C16H16I2O6S2. The summed E-state index contributed by atoms with van der Waals surface area (Å²) in [4.78, 5) is -0.394. The minimum atomic E-state index is -4.46. The maximum atomic E-state index is 11.9. The first-order valence-corrected chi connectivity index (χ1v) is 12.3. The fourth-order valence-electron chi connectivity index (χ4n) is 2.88. The van der Waals surface area contributed by atoms with Gasteiger partial charge in [0.1, 0.15) is 9.79 Å². The SMILES string of the molecule is Cc1cc(-c2cc(C)c(I)c(S(=O)(=O)O)c2C)c(C)c(S(=O)(=O)O)c1I. The van der Waals surface area contributed by atoms with Crippen molar-refractivity contribution in [1.29, 1.82) is 0 Å². The molecule has 0 radical (unpaired) electrons. The summed E-state index contributed by atoms with van der Waals surface area (Å²) in [5, 5.41) is 0. The quantitative estimate of drug-likeness (QED) is 0.391. The van der Waals surface area contributed by atoms with Crippen LogP contribution in [0.4, 0.5) is 0 Å². The van der Waals surface area contributed by atoms with Crippen LogP contribution in [0.25, 0.3) is 11.1 Å². The zero-order valence-corrected chi connectivity index (χ0v) is 20.2. The molecule has 0 atom stereocenters. The van der Waals surface area contributed by atoms with Crippen LogP contribution in [0.1, 0.15) is 22.3 Å². The van der Waals surface area contributed by atoms with Crippen molar-refractivity contribution in [2.24, 2.45) is 0 Å². The van der Waals surface area contributed by atoms with E-state index in [9.17, 15) is 25.9 Å². The molecule has 0 spiro atoms.